The van der Waals surface area contributed by atoms with Crippen molar-refractivity contribution in [1.29, 1.82) is 0 Å². The van der Waals surface area contributed by atoms with Crippen LogP contribution in [0.1, 0.15) is 0 Å². The minimum Gasteiger partial charge on any atom is -0.497 e. The molecule has 0 unspecified atom stereocenters. The number of aromatic nitrogens is 4. The molecule has 8 nitrogen and oxygen atoms in total. The summed E-state index contributed by atoms with van der Waals surface area (Å²) in [7, 11) is 4.58. The summed E-state index contributed by atoms with van der Waals surface area (Å²) in [5, 5.41) is 0.244. The minimum absolute atomic E-state index is 0.110. The highest BCUT2D eigenvalue weighted by molar-refractivity contribution is 9.10. The van der Waals surface area contributed by atoms with Crippen molar-refractivity contribution in [3.8, 4) is 34.1 Å². The number of nitrogens with zero attached hydrogens (tertiary/aromatic N) is 4. The zero-order valence-electron chi connectivity index (χ0n) is 14.7. The number of halogens is 2. The fourth-order valence-corrected chi connectivity index (χ4v) is 3.03. The average Bonchev–Trinajstić information content (AvgIpc) is 2.66. The van der Waals surface area contributed by atoms with Gasteiger partial charge in [-0.2, -0.15) is 0 Å². The SMILES string of the molecule is COc1cc(OC)c(Cl)c(-c2nc(-c3nc(Br)cnc3N)cn(C)c2=O)c1. The molecule has 0 fully saturated rings. The van der Waals surface area contributed by atoms with E-state index in [1.807, 2.05) is 0 Å². The van der Waals surface area contributed by atoms with Gasteiger partial charge in [0, 0.05) is 24.9 Å². The van der Waals surface area contributed by atoms with E-state index >= 15 is 0 Å². The van der Waals surface area contributed by atoms with Gasteiger partial charge in [-0.3, -0.25) is 4.79 Å². The van der Waals surface area contributed by atoms with Gasteiger partial charge in [0.1, 0.15) is 33.2 Å². The van der Waals surface area contributed by atoms with Crippen molar-refractivity contribution in [2.75, 3.05) is 20.0 Å². The highest BCUT2D eigenvalue weighted by atomic mass is 79.9. The first-order valence-corrected chi connectivity index (χ1v) is 8.80. The maximum absolute atomic E-state index is 12.7. The first-order valence-electron chi connectivity index (χ1n) is 7.63. The molecular weight excluding hydrogens is 438 g/mol. The molecule has 27 heavy (non-hydrogen) atoms. The zero-order chi connectivity index (χ0) is 19.7. The van der Waals surface area contributed by atoms with Crippen molar-refractivity contribution >= 4 is 33.3 Å². The summed E-state index contributed by atoms with van der Waals surface area (Å²) in [6, 6.07) is 3.24. The van der Waals surface area contributed by atoms with Crippen molar-refractivity contribution < 1.29 is 9.47 Å². The van der Waals surface area contributed by atoms with Crippen LogP contribution in [-0.4, -0.2) is 33.7 Å². The molecule has 0 atom stereocenters. The molecule has 0 radical (unpaired) electrons. The molecule has 140 valence electrons. The minimum atomic E-state index is -0.350. The van der Waals surface area contributed by atoms with Crippen LogP contribution in [0.2, 0.25) is 5.02 Å². The van der Waals surface area contributed by atoms with Gasteiger partial charge in [-0.05, 0) is 22.0 Å². The Balaban J connectivity index is 2.31. The average molecular weight is 453 g/mol. The van der Waals surface area contributed by atoms with Crippen LogP contribution >= 0.6 is 27.5 Å². The lowest BCUT2D eigenvalue weighted by Crippen LogP contribution is -2.21. The fourth-order valence-electron chi connectivity index (χ4n) is 2.47. The summed E-state index contributed by atoms with van der Waals surface area (Å²) in [6.07, 6.45) is 3.01. The Labute approximate surface area is 168 Å². The van der Waals surface area contributed by atoms with Gasteiger partial charge in [0.15, 0.2) is 5.82 Å². The van der Waals surface area contributed by atoms with E-state index in [2.05, 4.69) is 30.9 Å². The molecule has 0 saturated heterocycles. The molecule has 10 heteroatoms. The normalized spacial score (nSPS) is 10.7. The van der Waals surface area contributed by atoms with E-state index in [1.165, 1.54) is 31.2 Å². The maximum Gasteiger partial charge on any atom is 0.276 e. The van der Waals surface area contributed by atoms with Gasteiger partial charge in [-0.15, -0.1) is 0 Å². The van der Waals surface area contributed by atoms with E-state index in [9.17, 15) is 4.79 Å². The van der Waals surface area contributed by atoms with Gasteiger partial charge in [-0.1, -0.05) is 11.6 Å². The van der Waals surface area contributed by atoms with Crippen LogP contribution in [0.5, 0.6) is 11.5 Å². The van der Waals surface area contributed by atoms with Crippen LogP contribution in [-0.2, 0) is 7.05 Å². The third-order valence-corrected chi connectivity index (χ3v) is 4.58. The summed E-state index contributed by atoms with van der Waals surface area (Å²) in [4.78, 5) is 25.6. The number of nitrogen functional groups attached to an aromatic ring is 1. The standard InChI is InChI=1S/C17H15BrClN5O3/c1-24-7-10(15-16(20)21-6-12(18)23-15)22-14(17(24)25)9-4-8(26-2)5-11(27-3)13(9)19/h4-7H,1-3H3,(H2,20,21). The lowest BCUT2D eigenvalue weighted by Gasteiger charge is -2.13. The number of nitrogens with two attached hydrogens (primary N) is 1. The molecule has 0 bridgehead atoms. The molecule has 0 saturated carbocycles. The van der Waals surface area contributed by atoms with Gasteiger partial charge >= 0.3 is 0 Å². The number of aryl methyl sites for hydroxylation is 1. The number of hydrogen-bond donors (Lipinski definition) is 1. The molecule has 2 heterocycles. The molecule has 1 aromatic carbocycles. The third-order valence-electron chi connectivity index (χ3n) is 3.81. The second kappa shape index (κ2) is 7.53. The van der Waals surface area contributed by atoms with Crippen molar-refractivity contribution in [3.05, 3.63) is 44.5 Å². The number of anilines is 1. The van der Waals surface area contributed by atoms with Crippen LogP contribution in [0, 0.1) is 0 Å². The van der Waals surface area contributed by atoms with Crippen LogP contribution in [0.3, 0.4) is 0 Å². The number of methoxy groups -OCH3 is 2. The Hall–Kier alpha value is -2.65. The van der Waals surface area contributed by atoms with Crippen LogP contribution < -0.4 is 20.8 Å². The number of hydrogen-bond acceptors (Lipinski definition) is 7. The second-order valence-electron chi connectivity index (χ2n) is 5.51. The molecule has 0 spiro atoms. The van der Waals surface area contributed by atoms with Crippen molar-refractivity contribution in [2.24, 2.45) is 7.05 Å². The predicted molar refractivity (Wildman–Crippen MR) is 106 cm³/mol. The first-order chi connectivity index (χ1) is 12.8. The lowest BCUT2D eigenvalue weighted by atomic mass is 10.1. The largest absolute Gasteiger partial charge is 0.497 e. The smallest absolute Gasteiger partial charge is 0.276 e. The molecule has 3 rings (SSSR count). The zero-order valence-corrected chi connectivity index (χ0v) is 17.0. The highest BCUT2D eigenvalue weighted by Gasteiger charge is 2.19. The molecule has 0 aliphatic heterocycles. The molecule has 0 amide bonds. The third kappa shape index (κ3) is 3.60. The van der Waals surface area contributed by atoms with E-state index in [0.717, 1.165) is 0 Å². The Kier molecular flexibility index (Phi) is 5.33. The molecule has 2 aromatic heterocycles. The fraction of sp³-hybridized carbons (Fsp3) is 0.176. The van der Waals surface area contributed by atoms with Crippen molar-refractivity contribution in [1.82, 2.24) is 19.5 Å². The molecular formula is C17H15BrClN5O3. The molecule has 2 N–H and O–H groups in total. The molecule has 0 aliphatic rings. The van der Waals surface area contributed by atoms with E-state index in [-0.39, 0.29) is 22.1 Å². The predicted octanol–water partition coefficient (Wildman–Crippen LogP) is 2.92. The summed E-state index contributed by atoms with van der Waals surface area (Å²) >= 11 is 9.68. The monoisotopic (exact) mass is 451 g/mol. The second-order valence-corrected chi connectivity index (χ2v) is 6.70. The van der Waals surface area contributed by atoms with E-state index in [0.29, 0.717) is 33.1 Å². The summed E-state index contributed by atoms with van der Waals surface area (Å²) in [5.74, 6) is 1.02. The quantitative estimate of drug-likeness (QED) is 0.649. The highest BCUT2D eigenvalue weighted by Crippen LogP contribution is 2.38. The van der Waals surface area contributed by atoms with Gasteiger partial charge in [-0.25, -0.2) is 15.0 Å². The van der Waals surface area contributed by atoms with E-state index < -0.39 is 0 Å². The summed E-state index contributed by atoms with van der Waals surface area (Å²) in [6.45, 7) is 0. The summed E-state index contributed by atoms with van der Waals surface area (Å²) < 4.78 is 12.4. The summed E-state index contributed by atoms with van der Waals surface area (Å²) in [5.41, 5.74) is 6.78. The number of benzene rings is 1. The Morgan fingerprint density at radius 1 is 1.19 bits per heavy atom. The Bertz CT molecular complexity index is 1090. The van der Waals surface area contributed by atoms with Crippen LogP contribution in [0.4, 0.5) is 5.82 Å². The van der Waals surface area contributed by atoms with Gasteiger partial charge in [0.25, 0.3) is 5.56 Å². The number of rotatable bonds is 4. The molecule has 0 aliphatic carbocycles. The topological polar surface area (TPSA) is 105 Å². The lowest BCUT2D eigenvalue weighted by molar-refractivity contribution is 0.395. The van der Waals surface area contributed by atoms with Crippen LogP contribution in [0.25, 0.3) is 22.6 Å². The Morgan fingerprint density at radius 2 is 1.93 bits per heavy atom. The molecule has 3 aromatic rings. The first kappa shape index (κ1) is 19.1. The van der Waals surface area contributed by atoms with Crippen molar-refractivity contribution in [2.45, 2.75) is 0 Å². The van der Waals surface area contributed by atoms with E-state index in [1.54, 1.807) is 19.2 Å². The number of ether oxygens (including phenoxy) is 2. The van der Waals surface area contributed by atoms with E-state index in [4.69, 9.17) is 26.8 Å². The Morgan fingerprint density at radius 3 is 2.59 bits per heavy atom. The van der Waals surface area contributed by atoms with Crippen LogP contribution in [0.15, 0.2) is 33.9 Å². The van der Waals surface area contributed by atoms with Gasteiger partial charge in [0.05, 0.1) is 25.4 Å². The maximum atomic E-state index is 12.7. The van der Waals surface area contributed by atoms with Gasteiger partial charge < -0.3 is 19.8 Å². The van der Waals surface area contributed by atoms with Crippen molar-refractivity contribution in [3.63, 3.8) is 0 Å². The van der Waals surface area contributed by atoms with Gasteiger partial charge in [0.2, 0.25) is 0 Å².